The van der Waals surface area contributed by atoms with Crippen LogP contribution < -0.4 is 0 Å². The summed E-state index contributed by atoms with van der Waals surface area (Å²) in [5.41, 5.74) is -5.40. The summed E-state index contributed by atoms with van der Waals surface area (Å²) in [5, 5.41) is 0. The number of carbonyl (C=O) groups is 1. The van der Waals surface area contributed by atoms with Crippen LogP contribution in [0.4, 0.5) is 26.3 Å². The molecule has 1 fully saturated rings. The van der Waals surface area contributed by atoms with Crippen molar-refractivity contribution >= 4 is 16.1 Å². The minimum Gasteiger partial charge on any atom is -0.438 e. The number of hydrogen-bond acceptors (Lipinski definition) is 6. The van der Waals surface area contributed by atoms with Gasteiger partial charge >= 0.3 is 23.9 Å². The van der Waals surface area contributed by atoms with Gasteiger partial charge in [0.05, 0.1) is 25.7 Å². The van der Waals surface area contributed by atoms with E-state index >= 15 is 0 Å². The van der Waals surface area contributed by atoms with Crippen LogP contribution in [0.3, 0.4) is 0 Å². The van der Waals surface area contributed by atoms with Crippen LogP contribution in [0.15, 0.2) is 0 Å². The van der Waals surface area contributed by atoms with Crippen LogP contribution in [0.25, 0.3) is 0 Å². The summed E-state index contributed by atoms with van der Waals surface area (Å²) >= 11 is 0. The van der Waals surface area contributed by atoms with Crippen LogP contribution in [0.5, 0.6) is 0 Å². The van der Waals surface area contributed by atoms with Crippen molar-refractivity contribution in [3.8, 4) is 0 Å². The maximum atomic E-state index is 13.0. The molecule has 0 aliphatic carbocycles. The topological polar surface area (TPSA) is 102 Å². The third-order valence-electron chi connectivity index (χ3n) is 3.05. The summed E-state index contributed by atoms with van der Waals surface area (Å²) < 4.78 is 121. The van der Waals surface area contributed by atoms with Crippen molar-refractivity contribution in [2.75, 3.05) is 25.6 Å². The zero-order chi connectivity index (χ0) is 19.7. The number of esters is 1. The molecule has 2 atom stereocenters. The number of carbonyl (C=O) groups excluding carboxylic acids is 1. The predicted octanol–water partition coefficient (Wildman–Crippen LogP) is 1.33. The quantitative estimate of drug-likeness (QED) is 0.282. The first-order valence-corrected chi connectivity index (χ1v) is 8.21. The number of epoxide rings is 1. The van der Waals surface area contributed by atoms with E-state index in [0.717, 1.165) is 6.92 Å². The lowest BCUT2D eigenvalue weighted by atomic mass is 10.0. The molecule has 0 radical (unpaired) electrons. The van der Waals surface area contributed by atoms with Crippen LogP contribution in [0.2, 0.25) is 0 Å². The second-order valence-corrected chi connectivity index (χ2v) is 6.82. The van der Waals surface area contributed by atoms with Crippen molar-refractivity contribution in [2.45, 2.75) is 31.0 Å². The fourth-order valence-corrected chi connectivity index (χ4v) is 2.51. The largest absolute Gasteiger partial charge is 0.438 e. The van der Waals surface area contributed by atoms with Gasteiger partial charge in [-0.3, -0.25) is 9.35 Å². The van der Waals surface area contributed by atoms with Crippen LogP contribution >= 0.6 is 0 Å². The fourth-order valence-electron chi connectivity index (χ4n) is 1.61. The van der Waals surface area contributed by atoms with E-state index in [1.165, 1.54) is 0 Å². The highest BCUT2D eigenvalue weighted by Crippen LogP contribution is 2.47. The van der Waals surface area contributed by atoms with Gasteiger partial charge in [-0.2, -0.15) is 34.8 Å². The molecule has 0 bridgehead atoms. The van der Waals surface area contributed by atoms with Gasteiger partial charge in [-0.25, -0.2) is 0 Å². The van der Waals surface area contributed by atoms with E-state index in [1.807, 2.05) is 0 Å². The first-order chi connectivity index (χ1) is 11.1. The zero-order valence-electron chi connectivity index (χ0n) is 12.6. The Morgan fingerprint density at radius 3 is 2.08 bits per heavy atom. The number of rotatable bonds is 8. The smallest absolute Gasteiger partial charge is 0.438 e. The molecular weight excluding hydrogens is 390 g/mol. The van der Waals surface area contributed by atoms with Crippen LogP contribution in [-0.2, 0) is 29.1 Å². The van der Waals surface area contributed by atoms with Gasteiger partial charge in [0.1, 0.15) is 11.9 Å². The monoisotopic (exact) mass is 404 g/mol. The summed E-state index contributed by atoms with van der Waals surface area (Å²) in [6, 6.07) is 0. The summed E-state index contributed by atoms with van der Waals surface area (Å²) in [5.74, 6) is -6.47. The van der Waals surface area contributed by atoms with Crippen molar-refractivity contribution in [3.05, 3.63) is 0 Å². The molecule has 0 amide bonds. The lowest BCUT2D eigenvalue weighted by Gasteiger charge is -2.36. The molecule has 0 aromatic carbocycles. The molecule has 1 N–H and O–H groups in total. The summed E-state index contributed by atoms with van der Waals surface area (Å²) in [6.45, 7) is 0.710. The number of hydrogen-bond donors (Lipinski definition) is 1. The molecule has 2 unspecified atom stereocenters. The Balaban J connectivity index is 2.99. The SMILES string of the molecule is CC(COCC1CO1)C(=O)OC(CS(=O)(=O)O)(C(F)(F)F)C(F)(F)F. The summed E-state index contributed by atoms with van der Waals surface area (Å²) in [6.07, 6.45) is -13.0. The molecule has 148 valence electrons. The van der Waals surface area contributed by atoms with Gasteiger partial charge in [-0.1, -0.05) is 0 Å². The van der Waals surface area contributed by atoms with Gasteiger partial charge in [0.2, 0.25) is 0 Å². The molecule has 1 saturated heterocycles. The van der Waals surface area contributed by atoms with Gasteiger partial charge in [0.25, 0.3) is 10.1 Å². The molecule has 0 saturated carbocycles. The molecule has 25 heavy (non-hydrogen) atoms. The third-order valence-corrected chi connectivity index (χ3v) is 3.82. The minimum absolute atomic E-state index is 0.0215. The minimum atomic E-state index is -6.35. The normalized spacial score (nSPS) is 20.2. The average molecular weight is 404 g/mol. The standard InChI is InChI=1S/C11H14F6O7S/c1-6(2-22-3-7-4-23-7)8(18)24-9(10(12,13)14,11(15,16)17)5-25(19,20)21/h6-7H,2-5H2,1H3,(H,19,20,21). The van der Waals surface area contributed by atoms with Crippen molar-refractivity contribution in [3.63, 3.8) is 0 Å². The Labute approximate surface area is 138 Å². The molecule has 7 nitrogen and oxygen atoms in total. The molecule has 1 heterocycles. The molecule has 0 spiro atoms. The lowest BCUT2D eigenvalue weighted by Crippen LogP contribution is -2.63. The van der Waals surface area contributed by atoms with Gasteiger partial charge in [0, 0.05) is 0 Å². The van der Waals surface area contributed by atoms with E-state index in [0.29, 0.717) is 6.61 Å². The fraction of sp³-hybridized carbons (Fsp3) is 0.909. The van der Waals surface area contributed by atoms with Gasteiger partial charge in [-0.15, -0.1) is 0 Å². The first-order valence-electron chi connectivity index (χ1n) is 6.60. The van der Waals surface area contributed by atoms with Crippen molar-refractivity contribution in [2.24, 2.45) is 5.92 Å². The highest BCUT2D eigenvalue weighted by Gasteiger charge is 2.76. The molecule has 0 aromatic rings. The summed E-state index contributed by atoms with van der Waals surface area (Å²) in [4.78, 5) is 11.6. The zero-order valence-corrected chi connectivity index (χ0v) is 13.4. The van der Waals surface area contributed by atoms with Crippen LogP contribution in [0.1, 0.15) is 6.92 Å². The molecule has 14 heteroatoms. The maximum Gasteiger partial charge on any atom is 0.438 e. The molecule has 0 aromatic heterocycles. The van der Waals surface area contributed by atoms with Crippen molar-refractivity contribution in [1.82, 2.24) is 0 Å². The Kier molecular flexibility index (Phi) is 6.35. The number of ether oxygens (including phenoxy) is 3. The Morgan fingerprint density at radius 1 is 1.24 bits per heavy atom. The van der Waals surface area contributed by atoms with Crippen molar-refractivity contribution in [1.29, 1.82) is 0 Å². The summed E-state index contributed by atoms with van der Waals surface area (Å²) in [7, 11) is -5.80. The van der Waals surface area contributed by atoms with E-state index in [1.54, 1.807) is 0 Å². The van der Waals surface area contributed by atoms with E-state index in [2.05, 4.69) is 4.74 Å². The van der Waals surface area contributed by atoms with Gasteiger partial charge in [0.15, 0.2) is 0 Å². The highest BCUT2D eigenvalue weighted by molar-refractivity contribution is 7.85. The molecule has 1 aliphatic heterocycles. The predicted molar refractivity (Wildman–Crippen MR) is 67.1 cm³/mol. The number of alkyl halides is 6. The maximum absolute atomic E-state index is 13.0. The Hall–Kier alpha value is -1.12. The second kappa shape index (κ2) is 7.25. The lowest BCUT2D eigenvalue weighted by molar-refractivity contribution is -0.362. The first kappa shape index (κ1) is 21.9. The Morgan fingerprint density at radius 2 is 1.72 bits per heavy atom. The Bertz CT molecular complexity index is 567. The van der Waals surface area contributed by atoms with Crippen LogP contribution in [0, 0.1) is 5.92 Å². The van der Waals surface area contributed by atoms with E-state index < -0.39 is 52.3 Å². The van der Waals surface area contributed by atoms with Gasteiger partial charge < -0.3 is 14.2 Å². The molecule has 1 aliphatic rings. The van der Waals surface area contributed by atoms with Gasteiger partial charge in [-0.05, 0) is 6.92 Å². The van der Waals surface area contributed by atoms with E-state index in [-0.39, 0.29) is 12.7 Å². The van der Waals surface area contributed by atoms with Crippen molar-refractivity contribution < 1.29 is 58.3 Å². The second-order valence-electron chi connectivity index (χ2n) is 5.36. The van der Waals surface area contributed by atoms with E-state index in [4.69, 9.17) is 14.0 Å². The molecular formula is C11H14F6O7S. The molecule has 1 rings (SSSR count). The van der Waals surface area contributed by atoms with E-state index in [9.17, 15) is 39.6 Å². The third kappa shape index (κ3) is 5.97. The van der Waals surface area contributed by atoms with Crippen LogP contribution in [-0.4, -0.2) is 68.6 Å². The number of halogens is 6. The highest BCUT2D eigenvalue weighted by atomic mass is 32.2. The average Bonchev–Trinajstić information content (AvgIpc) is 3.17.